The van der Waals surface area contributed by atoms with Gasteiger partial charge in [-0.05, 0) is 55.4 Å². The van der Waals surface area contributed by atoms with Crippen molar-refractivity contribution in [3.05, 3.63) is 23.8 Å². The van der Waals surface area contributed by atoms with Crippen molar-refractivity contribution in [2.75, 3.05) is 10.6 Å². The van der Waals surface area contributed by atoms with Gasteiger partial charge in [-0.25, -0.2) is 0 Å². The van der Waals surface area contributed by atoms with Crippen molar-refractivity contribution >= 4 is 17.3 Å². The number of aryl methyl sites for hydroxylation is 1. The average molecular weight is 244 g/mol. The maximum atomic E-state index is 11.3. The van der Waals surface area contributed by atoms with Crippen LogP contribution in [0.4, 0.5) is 11.4 Å². The summed E-state index contributed by atoms with van der Waals surface area (Å²) in [6.45, 7) is 4.59. The predicted molar refractivity (Wildman–Crippen MR) is 73.8 cm³/mol. The van der Waals surface area contributed by atoms with E-state index in [0.717, 1.165) is 12.1 Å². The number of nitrogens with one attached hydrogen (secondary N) is 2. The maximum Gasteiger partial charge on any atom is 0.224 e. The van der Waals surface area contributed by atoms with E-state index in [1.165, 1.54) is 24.1 Å². The molecule has 1 aromatic rings. The summed E-state index contributed by atoms with van der Waals surface area (Å²) < 4.78 is 0. The maximum absolute atomic E-state index is 11.3. The molecule has 1 unspecified atom stereocenters. The van der Waals surface area contributed by atoms with Gasteiger partial charge < -0.3 is 10.6 Å². The quantitative estimate of drug-likeness (QED) is 0.857. The van der Waals surface area contributed by atoms with Gasteiger partial charge in [0.1, 0.15) is 0 Å². The normalized spacial score (nSPS) is 21.8. The SMILES string of the molecule is CC(Nc1ccc2c(c1)CCC(=O)N2)C1(C)CC1. The molecule has 1 atom stereocenters. The first-order valence-corrected chi connectivity index (χ1v) is 6.76. The van der Waals surface area contributed by atoms with E-state index in [1.807, 2.05) is 6.07 Å². The largest absolute Gasteiger partial charge is 0.382 e. The van der Waals surface area contributed by atoms with Crippen LogP contribution in [0.3, 0.4) is 0 Å². The third kappa shape index (κ3) is 2.09. The molecule has 1 fully saturated rings. The fourth-order valence-corrected chi connectivity index (χ4v) is 2.53. The van der Waals surface area contributed by atoms with Gasteiger partial charge in [0.05, 0.1) is 0 Å². The van der Waals surface area contributed by atoms with Crippen LogP contribution in [0.15, 0.2) is 18.2 Å². The molecule has 96 valence electrons. The van der Waals surface area contributed by atoms with Gasteiger partial charge in [-0.1, -0.05) is 6.92 Å². The highest BCUT2D eigenvalue weighted by Gasteiger charge is 2.42. The highest BCUT2D eigenvalue weighted by atomic mass is 16.1. The van der Waals surface area contributed by atoms with E-state index in [4.69, 9.17) is 0 Å². The molecule has 1 saturated carbocycles. The summed E-state index contributed by atoms with van der Waals surface area (Å²) in [5.41, 5.74) is 3.87. The third-order valence-electron chi connectivity index (χ3n) is 4.47. The van der Waals surface area contributed by atoms with E-state index < -0.39 is 0 Å². The molecular weight excluding hydrogens is 224 g/mol. The number of hydrogen-bond donors (Lipinski definition) is 2. The Balaban J connectivity index is 1.76. The highest BCUT2D eigenvalue weighted by molar-refractivity contribution is 5.94. The fraction of sp³-hybridized carbons (Fsp3) is 0.533. The lowest BCUT2D eigenvalue weighted by atomic mass is 9.99. The second-order valence-corrected chi connectivity index (χ2v) is 5.94. The second-order valence-electron chi connectivity index (χ2n) is 5.94. The van der Waals surface area contributed by atoms with E-state index in [1.54, 1.807) is 0 Å². The number of anilines is 2. The van der Waals surface area contributed by atoms with E-state index >= 15 is 0 Å². The molecule has 1 heterocycles. The molecule has 18 heavy (non-hydrogen) atoms. The molecule has 3 heteroatoms. The molecule has 0 spiro atoms. The molecule has 1 amide bonds. The van der Waals surface area contributed by atoms with Gasteiger partial charge in [-0.3, -0.25) is 4.79 Å². The zero-order valence-corrected chi connectivity index (χ0v) is 11.0. The van der Waals surface area contributed by atoms with Gasteiger partial charge in [0.15, 0.2) is 0 Å². The van der Waals surface area contributed by atoms with E-state index in [-0.39, 0.29) is 5.91 Å². The van der Waals surface area contributed by atoms with Crippen LogP contribution >= 0.6 is 0 Å². The van der Waals surface area contributed by atoms with Crippen molar-refractivity contribution in [3.63, 3.8) is 0 Å². The smallest absolute Gasteiger partial charge is 0.224 e. The van der Waals surface area contributed by atoms with Crippen LogP contribution in [0.2, 0.25) is 0 Å². The molecule has 2 aliphatic rings. The Labute approximate surface area is 108 Å². The first-order valence-electron chi connectivity index (χ1n) is 6.76. The van der Waals surface area contributed by atoms with Gasteiger partial charge in [0.25, 0.3) is 0 Å². The predicted octanol–water partition coefficient (Wildman–Crippen LogP) is 3.17. The van der Waals surface area contributed by atoms with Gasteiger partial charge in [-0.15, -0.1) is 0 Å². The van der Waals surface area contributed by atoms with Crippen LogP contribution in [-0.4, -0.2) is 11.9 Å². The lowest BCUT2D eigenvalue weighted by Crippen LogP contribution is -2.25. The van der Waals surface area contributed by atoms with Crippen molar-refractivity contribution in [2.45, 2.75) is 45.6 Å². The second kappa shape index (κ2) is 4.01. The molecule has 1 aliphatic heterocycles. The minimum absolute atomic E-state index is 0.127. The van der Waals surface area contributed by atoms with Crippen molar-refractivity contribution in [1.29, 1.82) is 0 Å². The molecule has 3 nitrogen and oxygen atoms in total. The van der Waals surface area contributed by atoms with E-state index in [2.05, 4.69) is 36.6 Å². The molecule has 1 aromatic carbocycles. The summed E-state index contributed by atoms with van der Waals surface area (Å²) in [6.07, 6.45) is 4.09. The number of amides is 1. The molecule has 0 radical (unpaired) electrons. The molecule has 1 aliphatic carbocycles. The zero-order chi connectivity index (χ0) is 12.8. The molecule has 0 saturated heterocycles. The number of carbonyl (C=O) groups is 1. The summed E-state index contributed by atoms with van der Waals surface area (Å²) in [7, 11) is 0. The Morgan fingerprint density at radius 3 is 2.83 bits per heavy atom. The van der Waals surface area contributed by atoms with Crippen molar-refractivity contribution in [3.8, 4) is 0 Å². The van der Waals surface area contributed by atoms with Crippen LogP contribution in [0, 0.1) is 5.41 Å². The third-order valence-corrected chi connectivity index (χ3v) is 4.47. The van der Waals surface area contributed by atoms with E-state index in [0.29, 0.717) is 17.9 Å². The Bertz CT molecular complexity index is 491. The molecule has 3 rings (SSSR count). The Hall–Kier alpha value is -1.51. The van der Waals surface area contributed by atoms with Crippen LogP contribution in [0.5, 0.6) is 0 Å². The summed E-state index contributed by atoms with van der Waals surface area (Å²) in [5.74, 6) is 0.127. The van der Waals surface area contributed by atoms with Crippen LogP contribution in [-0.2, 0) is 11.2 Å². The van der Waals surface area contributed by atoms with Gasteiger partial charge >= 0.3 is 0 Å². The summed E-state index contributed by atoms with van der Waals surface area (Å²) in [5, 5.41) is 6.51. The first kappa shape index (κ1) is 11.6. The van der Waals surface area contributed by atoms with Gasteiger partial charge in [0.2, 0.25) is 5.91 Å². The van der Waals surface area contributed by atoms with Crippen LogP contribution < -0.4 is 10.6 Å². The number of benzene rings is 1. The standard InChI is InChI=1S/C15H20N2O/c1-10(15(2)7-8-15)16-12-4-5-13-11(9-12)3-6-14(18)17-13/h4-5,9-10,16H,3,6-8H2,1-2H3,(H,17,18). The molecule has 0 bridgehead atoms. The zero-order valence-electron chi connectivity index (χ0n) is 11.0. The molecular formula is C15H20N2O. The van der Waals surface area contributed by atoms with Crippen LogP contribution in [0.1, 0.15) is 38.7 Å². The summed E-state index contributed by atoms with van der Waals surface area (Å²) >= 11 is 0. The first-order chi connectivity index (χ1) is 8.57. The summed E-state index contributed by atoms with van der Waals surface area (Å²) in [4.78, 5) is 11.3. The lowest BCUT2D eigenvalue weighted by Gasteiger charge is -2.23. The van der Waals surface area contributed by atoms with Crippen molar-refractivity contribution in [1.82, 2.24) is 0 Å². The minimum Gasteiger partial charge on any atom is -0.382 e. The Morgan fingerprint density at radius 2 is 2.11 bits per heavy atom. The fourth-order valence-electron chi connectivity index (χ4n) is 2.53. The van der Waals surface area contributed by atoms with Crippen LogP contribution in [0.25, 0.3) is 0 Å². The Morgan fingerprint density at radius 1 is 1.33 bits per heavy atom. The van der Waals surface area contributed by atoms with Crippen molar-refractivity contribution < 1.29 is 4.79 Å². The topological polar surface area (TPSA) is 41.1 Å². The lowest BCUT2D eigenvalue weighted by molar-refractivity contribution is -0.116. The Kier molecular flexibility index (Phi) is 2.58. The highest BCUT2D eigenvalue weighted by Crippen LogP contribution is 2.48. The number of fused-ring (bicyclic) bond motifs is 1. The summed E-state index contributed by atoms with van der Waals surface area (Å²) in [6, 6.07) is 6.76. The number of carbonyl (C=O) groups excluding carboxylic acids is 1. The number of rotatable bonds is 3. The average Bonchev–Trinajstić information content (AvgIpc) is 3.09. The van der Waals surface area contributed by atoms with Gasteiger partial charge in [-0.2, -0.15) is 0 Å². The van der Waals surface area contributed by atoms with E-state index in [9.17, 15) is 4.79 Å². The van der Waals surface area contributed by atoms with Gasteiger partial charge in [0, 0.05) is 23.8 Å². The minimum atomic E-state index is 0.127. The molecule has 2 N–H and O–H groups in total. The monoisotopic (exact) mass is 244 g/mol. The number of hydrogen-bond acceptors (Lipinski definition) is 2. The van der Waals surface area contributed by atoms with Crippen molar-refractivity contribution in [2.24, 2.45) is 5.41 Å². The molecule has 0 aromatic heterocycles.